The van der Waals surface area contributed by atoms with E-state index in [4.69, 9.17) is 5.73 Å². The van der Waals surface area contributed by atoms with Crippen LogP contribution in [0, 0.1) is 11.8 Å². The first kappa shape index (κ1) is 18.4. The maximum Gasteiger partial charge on any atom is 0.234 e. The molecule has 0 unspecified atom stereocenters. The molecule has 0 aromatic rings. The quantitative estimate of drug-likeness (QED) is 0.723. The summed E-state index contributed by atoms with van der Waals surface area (Å²) >= 11 is 0. The van der Waals surface area contributed by atoms with Gasteiger partial charge in [-0.05, 0) is 50.5 Å². The fraction of sp³-hybridized carbons (Fsp3) is 0.941. The Morgan fingerprint density at radius 1 is 1.38 bits per heavy atom. The number of nitrogens with two attached hydrogens (primary N) is 1. The lowest BCUT2D eigenvalue weighted by Gasteiger charge is -2.46. The molecule has 0 spiro atoms. The fourth-order valence-corrected chi connectivity index (χ4v) is 3.29. The molecule has 1 fully saturated rings. The van der Waals surface area contributed by atoms with Crippen LogP contribution in [0.2, 0.25) is 0 Å². The molecule has 4 heteroatoms. The maximum absolute atomic E-state index is 12.2. The number of nitrogens with one attached hydrogen (secondary N) is 1. The molecule has 1 aliphatic carbocycles. The van der Waals surface area contributed by atoms with Crippen molar-refractivity contribution in [2.45, 2.75) is 65.3 Å². The lowest BCUT2D eigenvalue weighted by molar-refractivity contribution is -0.124. The molecule has 0 bridgehead atoms. The number of hydrogen-bond acceptors (Lipinski definition) is 3. The molecule has 1 rings (SSSR count). The normalized spacial score (nSPS) is 26.3. The van der Waals surface area contributed by atoms with Crippen molar-refractivity contribution in [1.29, 1.82) is 0 Å². The number of carbonyl (C=O) groups excluding carboxylic acids is 1. The third-order valence-electron chi connectivity index (χ3n) is 5.02. The van der Waals surface area contributed by atoms with Crippen LogP contribution in [0.4, 0.5) is 0 Å². The first-order chi connectivity index (χ1) is 9.93. The minimum atomic E-state index is 0.0383. The van der Waals surface area contributed by atoms with E-state index < -0.39 is 0 Å². The first-order valence-electron chi connectivity index (χ1n) is 8.65. The van der Waals surface area contributed by atoms with E-state index in [1.807, 2.05) is 0 Å². The zero-order valence-electron chi connectivity index (χ0n) is 14.5. The highest BCUT2D eigenvalue weighted by molar-refractivity contribution is 5.78. The molecule has 0 saturated heterocycles. The van der Waals surface area contributed by atoms with Gasteiger partial charge in [-0.3, -0.25) is 9.69 Å². The Morgan fingerprint density at radius 2 is 2.00 bits per heavy atom. The van der Waals surface area contributed by atoms with Crippen molar-refractivity contribution in [3.63, 3.8) is 0 Å². The Bertz CT molecular complexity index is 309. The van der Waals surface area contributed by atoms with Gasteiger partial charge in [0.2, 0.25) is 5.91 Å². The minimum Gasteiger partial charge on any atom is -0.355 e. The van der Waals surface area contributed by atoms with Gasteiger partial charge in [-0.1, -0.05) is 27.7 Å². The van der Waals surface area contributed by atoms with Crippen molar-refractivity contribution in [2.24, 2.45) is 17.6 Å². The third-order valence-corrected chi connectivity index (χ3v) is 5.02. The highest BCUT2D eigenvalue weighted by atomic mass is 16.2. The molecule has 0 atom stereocenters. The number of carbonyl (C=O) groups is 1. The predicted molar refractivity (Wildman–Crippen MR) is 89.1 cm³/mol. The van der Waals surface area contributed by atoms with Crippen LogP contribution < -0.4 is 11.1 Å². The fourth-order valence-electron chi connectivity index (χ4n) is 3.29. The maximum atomic E-state index is 12.2. The van der Waals surface area contributed by atoms with E-state index in [0.29, 0.717) is 19.0 Å². The molecule has 3 N–H and O–H groups in total. The second-order valence-corrected chi connectivity index (χ2v) is 7.16. The molecule has 0 aromatic heterocycles. The predicted octanol–water partition coefficient (Wildman–Crippen LogP) is 2.38. The van der Waals surface area contributed by atoms with E-state index in [9.17, 15) is 4.79 Å². The molecule has 1 saturated carbocycles. The van der Waals surface area contributed by atoms with Crippen molar-refractivity contribution in [1.82, 2.24) is 10.2 Å². The van der Waals surface area contributed by atoms with Gasteiger partial charge in [0.15, 0.2) is 0 Å². The summed E-state index contributed by atoms with van der Waals surface area (Å²) in [5.74, 6) is 1.56. The van der Waals surface area contributed by atoms with Gasteiger partial charge in [0.1, 0.15) is 0 Å². The Hall–Kier alpha value is -0.610. The SMILES string of the molecule is CCN(CC(=O)NCCC(C)C)C1(CN)CCC(C)CC1. The number of hydrogen-bond donors (Lipinski definition) is 2. The Balaban J connectivity index is 2.53. The lowest BCUT2D eigenvalue weighted by Crippen LogP contribution is -2.58. The van der Waals surface area contributed by atoms with E-state index in [0.717, 1.165) is 38.3 Å². The van der Waals surface area contributed by atoms with Crippen molar-refractivity contribution >= 4 is 5.91 Å². The van der Waals surface area contributed by atoms with Crippen LogP contribution >= 0.6 is 0 Å². The summed E-state index contributed by atoms with van der Waals surface area (Å²) < 4.78 is 0. The molecular weight excluding hydrogens is 262 g/mol. The zero-order chi connectivity index (χ0) is 15.9. The average molecular weight is 297 g/mol. The molecule has 1 amide bonds. The molecule has 0 heterocycles. The van der Waals surface area contributed by atoms with Gasteiger partial charge >= 0.3 is 0 Å². The number of nitrogens with zero attached hydrogens (tertiary/aromatic N) is 1. The summed E-state index contributed by atoms with van der Waals surface area (Å²) in [7, 11) is 0. The highest BCUT2D eigenvalue weighted by Gasteiger charge is 2.38. The highest BCUT2D eigenvalue weighted by Crippen LogP contribution is 2.35. The van der Waals surface area contributed by atoms with Gasteiger partial charge in [-0.25, -0.2) is 0 Å². The number of rotatable bonds is 8. The van der Waals surface area contributed by atoms with Gasteiger partial charge in [0.25, 0.3) is 0 Å². The van der Waals surface area contributed by atoms with E-state index in [1.54, 1.807) is 0 Å². The second-order valence-electron chi connectivity index (χ2n) is 7.16. The number of amides is 1. The van der Waals surface area contributed by atoms with Crippen LogP contribution in [0.25, 0.3) is 0 Å². The van der Waals surface area contributed by atoms with Crippen LogP contribution in [0.3, 0.4) is 0 Å². The summed E-state index contributed by atoms with van der Waals surface area (Å²) in [6.07, 6.45) is 5.73. The lowest BCUT2D eigenvalue weighted by atomic mass is 9.76. The van der Waals surface area contributed by atoms with Crippen molar-refractivity contribution in [2.75, 3.05) is 26.2 Å². The molecule has 1 aliphatic rings. The van der Waals surface area contributed by atoms with Gasteiger partial charge in [-0.15, -0.1) is 0 Å². The number of likely N-dealkylation sites (N-methyl/N-ethyl adjacent to an activating group) is 1. The zero-order valence-corrected chi connectivity index (χ0v) is 14.5. The van der Waals surface area contributed by atoms with Crippen molar-refractivity contribution < 1.29 is 4.79 Å². The van der Waals surface area contributed by atoms with Crippen LogP contribution in [0.15, 0.2) is 0 Å². The van der Waals surface area contributed by atoms with E-state index in [-0.39, 0.29) is 11.4 Å². The Kier molecular flexibility index (Phi) is 7.67. The smallest absolute Gasteiger partial charge is 0.234 e. The van der Waals surface area contributed by atoms with E-state index >= 15 is 0 Å². The standard InChI is InChI=1S/C17H35N3O/c1-5-20(12-16(21)19-11-8-14(2)3)17(13-18)9-6-15(4)7-10-17/h14-15H,5-13,18H2,1-4H3,(H,19,21). The minimum absolute atomic E-state index is 0.0383. The van der Waals surface area contributed by atoms with Crippen molar-refractivity contribution in [3.05, 3.63) is 0 Å². The molecule has 0 radical (unpaired) electrons. The monoisotopic (exact) mass is 297 g/mol. The molecule has 4 nitrogen and oxygen atoms in total. The molecule has 0 aliphatic heterocycles. The molecule has 0 aromatic carbocycles. The first-order valence-corrected chi connectivity index (χ1v) is 8.65. The van der Waals surface area contributed by atoms with Gasteiger partial charge in [-0.2, -0.15) is 0 Å². The van der Waals surface area contributed by atoms with Crippen LogP contribution in [0.1, 0.15) is 59.8 Å². The van der Waals surface area contributed by atoms with Crippen LogP contribution in [-0.2, 0) is 4.79 Å². The third kappa shape index (κ3) is 5.59. The van der Waals surface area contributed by atoms with Crippen LogP contribution in [-0.4, -0.2) is 42.5 Å². The summed E-state index contributed by atoms with van der Waals surface area (Å²) in [5, 5.41) is 3.05. The van der Waals surface area contributed by atoms with Gasteiger partial charge in [0.05, 0.1) is 6.54 Å². The van der Waals surface area contributed by atoms with Gasteiger partial charge < -0.3 is 11.1 Å². The van der Waals surface area contributed by atoms with Crippen molar-refractivity contribution in [3.8, 4) is 0 Å². The van der Waals surface area contributed by atoms with E-state index in [1.165, 1.54) is 12.8 Å². The topological polar surface area (TPSA) is 58.4 Å². The largest absolute Gasteiger partial charge is 0.355 e. The summed E-state index contributed by atoms with van der Waals surface area (Å²) in [6, 6.07) is 0. The van der Waals surface area contributed by atoms with Gasteiger partial charge in [0, 0.05) is 18.6 Å². The van der Waals surface area contributed by atoms with Crippen LogP contribution in [0.5, 0.6) is 0 Å². The molecular formula is C17H35N3O. The summed E-state index contributed by atoms with van der Waals surface area (Å²) in [5.41, 5.74) is 6.14. The Labute approximate surface area is 130 Å². The Morgan fingerprint density at radius 3 is 2.48 bits per heavy atom. The average Bonchev–Trinajstić information content (AvgIpc) is 2.46. The summed E-state index contributed by atoms with van der Waals surface area (Å²) in [4.78, 5) is 14.5. The van der Waals surface area contributed by atoms with E-state index in [2.05, 4.69) is 37.9 Å². The summed E-state index contributed by atoms with van der Waals surface area (Å²) in [6.45, 7) is 11.6. The molecule has 124 valence electrons. The molecule has 21 heavy (non-hydrogen) atoms. The second kappa shape index (κ2) is 8.74.